The summed E-state index contributed by atoms with van der Waals surface area (Å²) in [7, 11) is 0. The van der Waals surface area contributed by atoms with Gasteiger partial charge in [-0.05, 0) is 73.8 Å². The minimum Gasteiger partial charge on any atom is -0.458 e. The van der Waals surface area contributed by atoms with Crippen LogP contribution in [0.5, 0.6) is 0 Å². The fraction of sp³-hybridized carbons (Fsp3) is 0.444. The number of nitrogens with one attached hydrogen (secondary N) is 5. The van der Waals surface area contributed by atoms with E-state index in [1.807, 2.05) is 30.3 Å². The first kappa shape index (κ1) is 44.5. The molecule has 0 bridgehead atoms. The van der Waals surface area contributed by atoms with Crippen LogP contribution < -0.4 is 37.9 Å². The lowest BCUT2D eigenvalue weighted by molar-refractivity contribution is -0.172. The second-order valence-electron chi connectivity index (χ2n) is 16.8. The van der Waals surface area contributed by atoms with Crippen LogP contribution in [0.4, 0.5) is 4.39 Å². The molecule has 64 heavy (non-hydrogen) atoms. The topological polar surface area (TPSA) is 265 Å². The Labute approximate surface area is 366 Å². The highest BCUT2D eigenvalue weighted by Gasteiger charge is 2.46. The number of pyridine rings is 2. The fourth-order valence-corrected chi connectivity index (χ4v) is 9.16. The molecule has 9 N–H and O–H groups in total. The molecule has 19 heteroatoms. The zero-order chi connectivity index (χ0) is 45.4. The van der Waals surface area contributed by atoms with Crippen molar-refractivity contribution >= 4 is 40.5 Å². The Bertz CT molecular complexity index is 2600. The number of amides is 4. The van der Waals surface area contributed by atoms with Crippen molar-refractivity contribution in [3.8, 4) is 11.4 Å². The van der Waals surface area contributed by atoms with Gasteiger partial charge in [-0.2, -0.15) is 0 Å². The summed E-state index contributed by atoms with van der Waals surface area (Å²) in [5.74, 6) is -3.37. The summed E-state index contributed by atoms with van der Waals surface area (Å²) >= 11 is 0. The Kier molecular flexibility index (Phi) is 12.6. The fourth-order valence-electron chi connectivity index (χ4n) is 9.16. The van der Waals surface area contributed by atoms with Crippen molar-refractivity contribution in [2.75, 3.05) is 26.4 Å². The number of hydrogen-bond acceptors (Lipinski definition) is 13. The largest absolute Gasteiger partial charge is 0.458 e. The quantitative estimate of drug-likeness (QED) is 0.0488. The first-order valence-corrected chi connectivity index (χ1v) is 21.4. The first-order valence-electron chi connectivity index (χ1n) is 21.4. The number of hydrogen-bond donors (Lipinski definition) is 8. The smallest absolute Gasteiger partial charge is 0.343 e. The molecule has 4 aliphatic rings. The predicted octanol–water partition coefficient (Wildman–Crippen LogP) is 0.210. The lowest BCUT2D eigenvalue weighted by Gasteiger charge is -2.36. The molecular formula is C45H51FN8O10. The van der Waals surface area contributed by atoms with Gasteiger partial charge in [0.15, 0.2) is 5.60 Å². The molecule has 4 aromatic rings. The van der Waals surface area contributed by atoms with E-state index in [1.165, 1.54) is 10.6 Å². The van der Waals surface area contributed by atoms with Crippen LogP contribution in [-0.4, -0.2) is 94.1 Å². The van der Waals surface area contributed by atoms with E-state index in [2.05, 4.69) is 26.6 Å². The molecule has 4 atom stereocenters. The maximum atomic E-state index is 15.3. The summed E-state index contributed by atoms with van der Waals surface area (Å²) in [4.78, 5) is 82.0. The van der Waals surface area contributed by atoms with Crippen LogP contribution in [0.15, 0.2) is 47.3 Å². The Hall–Kier alpha value is -6.12. The highest BCUT2D eigenvalue weighted by Crippen LogP contribution is 2.46. The number of nitrogens with two attached hydrogens (primary N) is 1. The number of aliphatic hydroxyl groups is 2. The van der Waals surface area contributed by atoms with Gasteiger partial charge in [0.1, 0.15) is 25.4 Å². The molecule has 4 heterocycles. The SMILES string of the molecule is CC[C@@]1(O)C(=O)OCc2c1cc1n(c2=O)Cc2c-1nc1cc(F)c(C)c3c1c2[C@@H](NC(=O)C1CC(OCNC(=O)CNC(O)[C@H](Cc2ccccc2)NC(=O)CNC(=O)CN)C1)CC3. The van der Waals surface area contributed by atoms with Crippen LogP contribution in [0.3, 0.4) is 0 Å². The van der Waals surface area contributed by atoms with Gasteiger partial charge in [0.2, 0.25) is 23.6 Å². The lowest BCUT2D eigenvalue weighted by Crippen LogP contribution is -2.54. The number of carbonyl (C=O) groups is 5. The number of rotatable bonds is 16. The summed E-state index contributed by atoms with van der Waals surface area (Å²) in [5.41, 5.74) is 7.95. The van der Waals surface area contributed by atoms with Gasteiger partial charge in [-0.3, -0.25) is 29.3 Å². The number of esters is 1. The molecule has 2 aliphatic carbocycles. The number of ether oxygens (including phenoxy) is 2. The zero-order valence-electron chi connectivity index (χ0n) is 35.4. The van der Waals surface area contributed by atoms with E-state index in [9.17, 15) is 39.0 Å². The maximum absolute atomic E-state index is 15.3. The lowest BCUT2D eigenvalue weighted by atomic mass is 9.79. The molecule has 1 saturated carbocycles. The predicted molar refractivity (Wildman–Crippen MR) is 227 cm³/mol. The molecule has 8 rings (SSSR count). The Morgan fingerprint density at radius 3 is 2.55 bits per heavy atom. The van der Waals surface area contributed by atoms with Gasteiger partial charge in [-0.15, -0.1) is 0 Å². The second-order valence-corrected chi connectivity index (χ2v) is 16.8. The van der Waals surface area contributed by atoms with E-state index in [1.54, 1.807) is 19.9 Å². The molecule has 338 valence electrons. The molecule has 2 aromatic heterocycles. The Balaban J connectivity index is 0.882. The van der Waals surface area contributed by atoms with Gasteiger partial charge in [0.25, 0.3) is 5.56 Å². The van der Waals surface area contributed by atoms with Crippen molar-refractivity contribution in [2.45, 2.75) is 95.5 Å². The van der Waals surface area contributed by atoms with E-state index >= 15 is 4.39 Å². The molecular weight excluding hydrogens is 832 g/mol. The van der Waals surface area contributed by atoms with Crippen LogP contribution in [0, 0.1) is 18.7 Å². The average Bonchev–Trinajstić information content (AvgIpc) is 3.64. The number of fused-ring (bicyclic) bond motifs is 5. The van der Waals surface area contributed by atoms with Crippen molar-refractivity contribution in [1.29, 1.82) is 0 Å². The molecule has 18 nitrogen and oxygen atoms in total. The number of nitrogens with zero attached hydrogens (tertiary/aromatic N) is 2. The van der Waals surface area contributed by atoms with E-state index < -0.39 is 59.0 Å². The third kappa shape index (κ3) is 8.48. The molecule has 0 spiro atoms. The van der Waals surface area contributed by atoms with Crippen LogP contribution in [0.1, 0.15) is 77.6 Å². The van der Waals surface area contributed by atoms with Gasteiger partial charge >= 0.3 is 5.97 Å². The van der Waals surface area contributed by atoms with Crippen molar-refractivity contribution in [1.82, 2.24) is 36.1 Å². The van der Waals surface area contributed by atoms with Gasteiger partial charge in [0.05, 0.1) is 66.8 Å². The highest BCUT2D eigenvalue weighted by atomic mass is 19.1. The van der Waals surface area contributed by atoms with Crippen LogP contribution >= 0.6 is 0 Å². The summed E-state index contributed by atoms with van der Waals surface area (Å²) in [5, 5.41) is 36.6. The number of carbonyl (C=O) groups excluding carboxylic acids is 5. The van der Waals surface area contributed by atoms with E-state index in [0.717, 1.165) is 22.1 Å². The summed E-state index contributed by atoms with van der Waals surface area (Å²) in [6.07, 6.45) is 0.346. The summed E-state index contributed by atoms with van der Waals surface area (Å²) in [6.45, 7) is 2.13. The van der Waals surface area contributed by atoms with Crippen LogP contribution in [-0.2, 0) is 65.0 Å². The first-order chi connectivity index (χ1) is 30.7. The molecule has 1 unspecified atom stereocenters. The van der Waals surface area contributed by atoms with Gasteiger partial charge in [-0.25, -0.2) is 14.2 Å². The standard InChI is InChI=1S/C45H51FN8O10/c1-3-45(62)29-14-34-40-27(19-54(34)43(60)28(29)20-63-44(45)61)39-31(10-9-26-22(2)30(46)15-32(52-40)38(26)39)53-41(58)24-12-25(13-24)64-21-50-36(56)17-49-42(59)33(11-23-7-5-4-6-8-23)51-37(57)18-48-35(55)16-47/h4-8,14-15,24-25,31,33,42,49,59,62H,3,9-13,16-21,47H2,1-2H3,(H,48,55)(H,50,56)(H,51,57)(H,53,58)/t24?,25?,31-,33-,42?,45-/m0/s1. The van der Waals surface area contributed by atoms with E-state index in [0.29, 0.717) is 53.7 Å². The third-order valence-electron chi connectivity index (χ3n) is 12.9. The Morgan fingerprint density at radius 2 is 1.81 bits per heavy atom. The number of aliphatic hydroxyl groups excluding tert-OH is 1. The second kappa shape index (κ2) is 18.2. The van der Waals surface area contributed by atoms with Gasteiger partial charge in [0, 0.05) is 28.5 Å². The maximum Gasteiger partial charge on any atom is 0.343 e. The van der Waals surface area contributed by atoms with E-state index in [-0.39, 0.29) is 81.4 Å². The van der Waals surface area contributed by atoms with Crippen LogP contribution in [0.25, 0.3) is 22.3 Å². The van der Waals surface area contributed by atoms with Crippen molar-refractivity contribution in [3.63, 3.8) is 0 Å². The number of halogens is 1. The average molecular weight is 883 g/mol. The minimum atomic E-state index is -2.01. The van der Waals surface area contributed by atoms with Crippen LogP contribution in [0.2, 0.25) is 0 Å². The number of aryl methyl sites for hydroxylation is 1. The zero-order valence-corrected chi connectivity index (χ0v) is 35.4. The van der Waals surface area contributed by atoms with Gasteiger partial charge in [-0.1, -0.05) is 37.3 Å². The normalized spacial score (nSPS) is 21.3. The Morgan fingerprint density at radius 1 is 1.05 bits per heavy atom. The van der Waals surface area contributed by atoms with E-state index in [4.69, 9.17) is 20.2 Å². The molecule has 2 aliphatic heterocycles. The number of cyclic esters (lactones) is 1. The van der Waals surface area contributed by atoms with Crippen molar-refractivity contribution in [3.05, 3.63) is 97.6 Å². The third-order valence-corrected chi connectivity index (χ3v) is 12.9. The molecule has 0 saturated heterocycles. The summed E-state index contributed by atoms with van der Waals surface area (Å²) in [6, 6.07) is 10.8. The van der Waals surface area contributed by atoms with Crippen molar-refractivity contribution < 1.29 is 48.0 Å². The minimum absolute atomic E-state index is 0.0153. The summed E-state index contributed by atoms with van der Waals surface area (Å²) < 4.78 is 27.9. The molecule has 4 amide bonds. The molecule has 2 aromatic carbocycles. The number of benzene rings is 2. The monoisotopic (exact) mass is 882 g/mol. The van der Waals surface area contributed by atoms with Gasteiger partial charge < -0.3 is 51.3 Å². The number of aromatic nitrogens is 2. The molecule has 0 radical (unpaired) electrons. The molecule has 1 fully saturated rings. The highest BCUT2D eigenvalue weighted by molar-refractivity contribution is 5.94. The van der Waals surface area contributed by atoms with Crippen molar-refractivity contribution in [2.24, 2.45) is 11.7 Å².